The number of rotatable bonds is 7. The van der Waals surface area contributed by atoms with Crippen molar-refractivity contribution in [3.8, 4) is 0 Å². The van der Waals surface area contributed by atoms with Gasteiger partial charge in [0.1, 0.15) is 11.6 Å². The van der Waals surface area contributed by atoms with E-state index in [4.69, 9.17) is 0 Å². The van der Waals surface area contributed by atoms with Crippen LogP contribution in [0.25, 0.3) is 0 Å². The average molecular weight is 520 g/mol. The third kappa shape index (κ3) is 8.01. The van der Waals surface area contributed by atoms with Gasteiger partial charge in [-0.1, -0.05) is 12.1 Å². The number of guanidine groups is 1. The standard InChI is InChI=1S/C19H22F2N4OS.HI/c1-22-19(23-10-13-6-7-16(21)8-14(13)12-27-2)24-11-18(26)25-17-5-3-4-15(20)9-17;/h3-9H,10-12H2,1-2H3,(H,25,26)(H2,22,23,24);1H. The average Bonchev–Trinajstić information content (AvgIpc) is 2.63. The summed E-state index contributed by atoms with van der Waals surface area (Å²) in [6.07, 6.45) is 1.96. The number of carbonyl (C=O) groups is 1. The normalized spacial score (nSPS) is 10.8. The first-order chi connectivity index (χ1) is 13.0. The van der Waals surface area contributed by atoms with Crippen molar-refractivity contribution in [1.29, 1.82) is 0 Å². The Bertz CT molecular complexity index is 820. The molecule has 2 rings (SSSR count). The van der Waals surface area contributed by atoms with E-state index in [0.29, 0.717) is 23.9 Å². The zero-order valence-electron chi connectivity index (χ0n) is 15.6. The van der Waals surface area contributed by atoms with E-state index < -0.39 is 5.82 Å². The zero-order chi connectivity index (χ0) is 19.6. The van der Waals surface area contributed by atoms with Gasteiger partial charge in [-0.15, -0.1) is 24.0 Å². The summed E-state index contributed by atoms with van der Waals surface area (Å²) in [7, 11) is 1.59. The summed E-state index contributed by atoms with van der Waals surface area (Å²) in [6, 6.07) is 10.4. The molecule has 0 saturated carbocycles. The van der Waals surface area contributed by atoms with Gasteiger partial charge in [0, 0.05) is 25.0 Å². The number of nitrogens with zero attached hydrogens (tertiary/aromatic N) is 1. The lowest BCUT2D eigenvalue weighted by molar-refractivity contribution is -0.115. The van der Waals surface area contributed by atoms with Crippen molar-refractivity contribution >= 4 is 53.3 Å². The lowest BCUT2D eigenvalue weighted by atomic mass is 10.1. The molecule has 5 nitrogen and oxygen atoms in total. The van der Waals surface area contributed by atoms with E-state index in [1.54, 1.807) is 30.9 Å². The number of halogens is 3. The van der Waals surface area contributed by atoms with E-state index in [2.05, 4.69) is 20.9 Å². The molecule has 0 atom stereocenters. The van der Waals surface area contributed by atoms with Crippen molar-refractivity contribution in [3.63, 3.8) is 0 Å². The third-order valence-corrected chi connectivity index (χ3v) is 4.26. The highest BCUT2D eigenvalue weighted by atomic mass is 127. The molecule has 0 radical (unpaired) electrons. The Morgan fingerprint density at radius 2 is 1.82 bits per heavy atom. The van der Waals surface area contributed by atoms with E-state index in [0.717, 1.165) is 11.1 Å². The van der Waals surface area contributed by atoms with Crippen LogP contribution >= 0.6 is 35.7 Å². The fourth-order valence-corrected chi connectivity index (χ4v) is 2.97. The van der Waals surface area contributed by atoms with E-state index in [-0.39, 0.29) is 42.2 Å². The number of aliphatic imine (C=N–C) groups is 1. The molecular weight excluding hydrogens is 497 g/mol. The van der Waals surface area contributed by atoms with E-state index in [1.165, 1.54) is 30.3 Å². The highest BCUT2D eigenvalue weighted by Crippen LogP contribution is 2.16. The predicted octanol–water partition coefficient (Wildman–Crippen LogP) is 3.75. The first-order valence-electron chi connectivity index (χ1n) is 8.28. The summed E-state index contributed by atoms with van der Waals surface area (Å²) in [4.78, 5) is 16.0. The van der Waals surface area contributed by atoms with Gasteiger partial charge in [0.05, 0.1) is 6.54 Å². The van der Waals surface area contributed by atoms with Gasteiger partial charge in [-0.2, -0.15) is 11.8 Å². The molecule has 0 saturated heterocycles. The number of benzene rings is 2. The summed E-state index contributed by atoms with van der Waals surface area (Å²) >= 11 is 1.61. The number of carbonyl (C=O) groups excluding carboxylic acids is 1. The van der Waals surface area contributed by atoms with Gasteiger partial charge >= 0.3 is 0 Å². The van der Waals surface area contributed by atoms with E-state index >= 15 is 0 Å². The summed E-state index contributed by atoms with van der Waals surface area (Å²) < 4.78 is 26.6. The van der Waals surface area contributed by atoms with Crippen LogP contribution in [0.3, 0.4) is 0 Å². The summed E-state index contributed by atoms with van der Waals surface area (Å²) in [5.41, 5.74) is 2.25. The largest absolute Gasteiger partial charge is 0.352 e. The Balaban J connectivity index is 0.00000392. The van der Waals surface area contributed by atoms with Crippen molar-refractivity contribution in [1.82, 2.24) is 10.6 Å². The first-order valence-corrected chi connectivity index (χ1v) is 9.67. The Labute approximate surface area is 184 Å². The minimum atomic E-state index is -0.418. The minimum absolute atomic E-state index is 0. The molecule has 0 aliphatic heterocycles. The predicted molar refractivity (Wildman–Crippen MR) is 122 cm³/mol. The number of nitrogens with one attached hydrogen (secondary N) is 3. The Morgan fingerprint density at radius 1 is 1.07 bits per heavy atom. The third-order valence-electron chi connectivity index (χ3n) is 3.66. The monoisotopic (exact) mass is 520 g/mol. The van der Waals surface area contributed by atoms with Crippen molar-refractivity contribution in [2.75, 3.05) is 25.2 Å². The summed E-state index contributed by atoms with van der Waals surface area (Å²) in [5, 5.41) is 8.59. The molecule has 152 valence electrons. The van der Waals surface area contributed by atoms with E-state index in [9.17, 15) is 13.6 Å². The van der Waals surface area contributed by atoms with Crippen LogP contribution in [0.4, 0.5) is 14.5 Å². The number of hydrogen-bond acceptors (Lipinski definition) is 3. The van der Waals surface area contributed by atoms with Crippen molar-refractivity contribution in [2.45, 2.75) is 12.3 Å². The van der Waals surface area contributed by atoms with Crippen LogP contribution in [0.5, 0.6) is 0 Å². The van der Waals surface area contributed by atoms with Crippen molar-refractivity contribution in [3.05, 3.63) is 65.2 Å². The second kappa shape index (κ2) is 12.6. The molecule has 0 aliphatic carbocycles. The fraction of sp³-hybridized carbons (Fsp3) is 0.263. The topological polar surface area (TPSA) is 65.5 Å². The molecule has 0 heterocycles. The minimum Gasteiger partial charge on any atom is -0.352 e. The SMILES string of the molecule is CN=C(NCC(=O)Nc1cccc(F)c1)NCc1ccc(F)cc1CSC.I. The maximum atomic E-state index is 13.4. The highest BCUT2D eigenvalue weighted by Gasteiger charge is 2.07. The molecule has 2 aromatic carbocycles. The molecule has 2 aromatic rings. The molecule has 1 amide bonds. The summed E-state index contributed by atoms with van der Waals surface area (Å²) in [5.74, 6) is 0.131. The van der Waals surface area contributed by atoms with E-state index in [1.807, 2.05) is 6.26 Å². The maximum Gasteiger partial charge on any atom is 0.243 e. The van der Waals surface area contributed by atoms with Crippen LogP contribution in [-0.4, -0.2) is 31.7 Å². The second-order valence-electron chi connectivity index (χ2n) is 5.68. The molecule has 0 aliphatic rings. The summed E-state index contributed by atoms with van der Waals surface area (Å²) in [6.45, 7) is 0.415. The number of hydrogen-bond donors (Lipinski definition) is 3. The van der Waals surface area contributed by atoms with Gasteiger partial charge in [0.25, 0.3) is 0 Å². The highest BCUT2D eigenvalue weighted by molar-refractivity contribution is 14.0. The van der Waals surface area contributed by atoms with Gasteiger partial charge in [-0.3, -0.25) is 9.79 Å². The Morgan fingerprint density at radius 3 is 2.50 bits per heavy atom. The second-order valence-corrected chi connectivity index (χ2v) is 6.55. The molecule has 0 unspecified atom stereocenters. The molecule has 0 bridgehead atoms. The van der Waals surface area contributed by atoms with Crippen molar-refractivity contribution in [2.24, 2.45) is 4.99 Å². The molecule has 28 heavy (non-hydrogen) atoms. The molecule has 9 heteroatoms. The maximum absolute atomic E-state index is 13.4. The molecular formula is C19H23F2IN4OS. The quantitative estimate of drug-likeness (QED) is 0.296. The number of amides is 1. The van der Waals surface area contributed by atoms with Gasteiger partial charge in [-0.05, 0) is 47.7 Å². The number of anilines is 1. The molecule has 0 spiro atoms. The van der Waals surface area contributed by atoms with Crippen LogP contribution in [0.1, 0.15) is 11.1 Å². The van der Waals surface area contributed by atoms with Gasteiger partial charge in [0.2, 0.25) is 5.91 Å². The fourth-order valence-electron chi connectivity index (χ4n) is 2.39. The Kier molecular flexibility index (Phi) is 10.8. The number of thioether (sulfide) groups is 1. The van der Waals surface area contributed by atoms with Crippen LogP contribution in [-0.2, 0) is 17.1 Å². The van der Waals surface area contributed by atoms with Crippen LogP contribution in [0, 0.1) is 11.6 Å². The first kappa shape index (κ1) is 24.2. The van der Waals surface area contributed by atoms with Crippen LogP contribution < -0.4 is 16.0 Å². The molecule has 0 aromatic heterocycles. The zero-order valence-corrected chi connectivity index (χ0v) is 18.7. The van der Waals surface area contributed by atoms with Gasteiger partial charge < -0.3 is 16.0 Å². The van der Waals surface area contributed by atoms with Crippen molar-refractivity contribution < 1.29 is 13.6 Å². The molecule has 0 fully saturated rings. The van der Waals surface area contributed by atoms with Gasteiger partial charge in [-0.25, -0.2) is 8.78 Å². The van der Waals surface area contributed by atoms with Crippen LogP contribution in [0.2, 0.25) is 0 Å². The van der Waals surface area contributed by atoms with Gasteiger partial charge in [0.15, 0.2) is 5.96 Å². The molecule has 3 N–H and O–H groups in total. The lowest BCUT2D eigenvalue weighted by Crippen LogP contribution is -2.41. The Hall–Kier alpha value is -1.88. The smallest absolute Gasteiger partial charge is 0.243 e. The lowest BCUT2D eigenvalue weighted by Gasteiger charge is -2.14. The van der Waals surface area contributed by atoms with Crippen LogP contribution in [0.15, 0.2) is 47.5 Å².